The molecule has 0 aromatic carbocycles. The predicted octanol–water partition coefficient (Wildman–Crippen LogP) is 3.72. The first-order chi connectivity index (χ1) is 12.4. The molecule has 1 N–H and O–H groups in total. The SMILES string of the molecule is CC(C)(C)c1cn(C[C@@H]2CCCN(C(=O)NC3CCCCCC3)C2)nn1. The minimum atomic E-state index is 0.0233. The maximum Gasteiger partial charge on any atom is 0.317 e. The van der Waals surface area contributed by atoms with Gasteiger partial charge >= 0.3 is 6.03 Å². The Morgan fingerprint density at radius 2 is 1.88 bits per heavy atom. The second-order valence-corrected chi connectivity index (χ2v) is 9.17. The molecule has 6 nitrogen and oxygen atoms in total. The van der Waals surface area contributed by atoms with Crippen LogP contribution in [-0.2, 0) is 12.0 Å². The summed E-state index contributed by atoms with van der Waals surface area (Å²) >= 11 is 0. The Balaban J connectivity index is 1.51. The summed E-state index contributed by atoms with van der Waals surface area (Å²) in [5.41, 5.74) is 1.05. The van der Waals surface area contributed by atoms with E-state index >= 15 is 0 Å². The average molecular weight is 362 g/mol. The summed E-state index contributed by atoms with van der Waals surface area (Å²) < 4.78 is 1.96. The van der Waals surface area contributed by atoms with E-state index in [9.17, 15) is 4.79 Å². The number of urea groups is 1. The third-order valence-electron chi connectivity index (χ3n) is 5.74. The Morgan fingerprint density at radius 3 is 2.54 bits per heavy atom. The van der Waals surface area contributed by atoms with E-state index in [1.165, 1.54) is 25.7 Å². The lowest BCUT2D eigenvalue weighted by Gasteiger charge is -2.33. The van der Waals surface area contributed by atoms with Gasteiger partial charge in [-0.1, -0.05) is 51.7 Å². The van der Waals surface area contributed by atoms with Crippen LogP contribution in [0.5, 0.6) is 0 Å². The normalized spacial score (nSPS) is 22.9. The van der Waals surface area contributed by atoms with Gasteiger partial charge in [-0.05, 0) is 31.6 Å². The summed E-state index contributed by atoms with van der Waals surface area (Å²) in [6, 6.07) is 0.505. The van der Waals surface area contributed by atoms with Gasteiger partial charge in [0.2, 0.25) is 0 Å². The quantitative estimate of drug-likeness (QED) is 0.835. The van der Waals surface area contributed by atoms with Crippen molar-refractivity contribution in [1.82, 2.24) is 25.2 Å². The van der Waals surface area contributed by atoms with Crippen LogP contribution in [0.2, 0.25) is 0 Å². The number of aromatic nitrogens is 3. The first kappa shape index (κ1) is 19.2. The largest absolute Gasteiger partial charge is 0.335 e. The van der Waals surface area contributed by atoms with Crippen molar-refractivity contribution in [1.29, 1.82) is 0 Å². The number of amides is 2. The third-order valence-corrected chi connectivity index (χ3v) is 5.74. The first-order valence-corrected chi connectivity index (χ1v) is 10.4. The molecule has 1 aliphatic heterocycles. The Hall–Kier alpha value is -1.59. The van der Waals surface area contributed by atoms with Gasteiger partial charge in [0.15, 0.2) is 0 Å². The molecule has 2 amide bonds. The van der Waals surface area contributed by atoms with Crippen LogP contribution in [0, 0.1) is 5.92 Å². The second kappa shape index (κ2) is 8.40. The van der Waals surface area contributed by atoms with E-state index in [0.717, 1.165) is 51.0 Å². The van der Waals surface area contributed by atoms with Gasteiger partial charge in [0.25, 0.3) is 0 Å². The summed E-state index contributed by atoms with van der Waals surface area (Å²) in [5.74, 6) is 0.457. The zero-order chi connectivity index (χ0) is 18.6. The van der Waals surface area contributed by atoms with Crippen LogP contribution in [0.15, 0.2) is 6.20 Å². The highest BCUT2D eigenvalue weighted by Gasteiger charge is 2.26. The minimum Gasteiger partial charge on any atom is -0.335 e. The number of nitrogens with zero attached hydrogens (tertiary/aromatic N) is 4. The molecule has 2 heterocycles. The lowest BCUT2D eigenvalue weighted by Crippen LogP contribution is -2.49. The topological polar surface area (TPSA) is 63.1 Å². The summed E-state index contributed by atoms with van der Waals surface area (Å²) in [6.45, 7) is 9.00. The van der Waals surface area contributed by atoms with Gasteiger partial charge in [-0.25, -0.2) is 4.79 Å². The molecule has 1 aromatic rings. The highest BCUT2D eigenvalue weighted by molar-refractivity contribution is 5.74. The van der Waals surface area contributed by atoms with Crippen molar-refractivity contribution >= 4 is 6.03 Å². The number of nitrogens with one attached hydrogen (secondary N) is 1. The molecule has 0 spiro atoms. The average Bonchev–Trinajstić information content (AvgIpc) is 2.92. The van der Waals surface area contributed by atoms with Crippen LogP contribution in [0.25, 0.3) is 0 Å². The number of hydrogen-bond acceptors (Lipinski definition) is 3. The highest BCUT2D eigenvalue weighted by atomic mass is 16.2. The van der Waals surface area contributed by atoms with Crippen molar-refractivity contribution in [3.05, 3.63) is 11.9 Å². The van der Waals surface area contributed by atoms with Gasteiger partial charge in [0.05, 0.1) is 5.69 Å². The van der Waals surface area contributed by atoms with Crippen LogP contribution in [0.3, 0.4) is 0 Å². The molecule has 1 aliphatic carbocycles. The van der Waals surface area contributed by atoms with Crippen molar-refractivity contribution in [2.45, 2.75) is 90.1 Å². The van der Waals surface area contributed by atoms with Gasteiger partial charge < -0.3 is 10.2 Å². The molecular formula is C20H35N5O. The van der Waals surface area contributed by atoms with E-state index < -0.39 is 0 Å². The van der Waals surface area contributed by atoms with E-state index in [0.29, 0.717) is 12.0 Å². The fraction of sp³-hybridized carbons (Fsp3) is 0.850. The molecule has 1 saturated heterocycles. The molecule has 6 heteroatoms. The monoisotopic (exact) mass is 361 g/mol. The van der Waals surface area contributed by atoms with Gasteiger partial charge in [-0.15, -0.1) is 5.10 Å². The third kappa shape index (κ3) is 5.21. The molecule has 146 valence electrons. The molecule has 1 aromatic heterocycles. The summed E-state index contributed by atoms with van der Waals surface area (Å²) in [6.07, 6.45) is 11.7. The zero-order valence-corrected chi connectivity index (χ0v) is 16.7. The Kier molecular flexibility index (Phi) is 6.20. The molecule has 1 saturated carbocycles. The maximum absolute atomic E-state index is 12.7. The summed E-state index contributed by atoms with van der Waals surface area (Å²) in [4.78, 5) is 14.7. The standard InChI is InChI=1S/C20H35N5O/c1-20(2,3)18-15-25(23-22-18)14-16-9-8-12-24(13-16)19(26)21-17-10-6-4-5-7-11-17/h15-17H,4-14H2,1-3H3,(H,21,26)/t16-/m1/s1. The summed E-state index contributed by atoms with van der Waals surface area (Å²) in [7, 11) is 0. The number of piperidine rings is 1. The minimum absolute atomic E-state index is 0.0233. The second-order valence-electron chi connectivity index (χ2n) is 9.17. The first-order valence-electron chi connectivity index (χ1n) is 10.4. The number of hydrogen-bond donors (Lipinski definition) is 1. The predicted molar refractivity (Wildman–Crippen MR) is 103 cm³/mol. The van der Waals surface area contributed by atoms with Gasteiger partial charge in [-0.2, -0.15) is 0 Å². The van der Waals surface area contributed by atoms with Gasteiger partial charge in [0.1, 0.15) is 0 Å². The Morgan fingerprint density at radius 1 is 1.15 bits per heavy atom. The van der Waals surface area contributed by atoms with E-state index in [1.807, 2.05) is 9.58 Å². The molecule has 1 atom stereocenters. The van der Waals surface area contributed by atoms with Crippen molar-refractivity contribution in [3.63, 3.8) is 0 Å². The van der Waals surface area contributed by atoms with Crippen molar-refractivity contribution in [2.75, 3.05) is 13.1 Å². The maximum atomic E-state index is 12.7. The number of carbonyl (C=O) groups is 1. The molecule has 2 aliphatic rings. The fourth-order valence-electron chi connectivity index (χ4n) is 4.08. The van der Waals surface area contributed by atoms with E-state index in [-0.39, 0.29) is 11.4 Å². The van der Waals surface area contributed by atoms with Gasteiger partial charge in [-0.3, -0.25) is 4.68 Å². The van der Waals surface area contributed by atoms with E-state index in [1.54, 1.807) is 0 Å². The Labute approximate surface area is 157 Å². The van der Waals surface area contributed by atoms with Crippen LogP contribution in [0.1, 0.15) is 77.8 Å². The number of likely N-dealkylation sites (tertiary alicyclic amines) is 1. The van der Waals surface area contributed by atoms with Crippen LogP contribution >= 0.6 is 0 Å². The molecule has 26 heavy (non-hydrogen) atoms. The molecule has 3 rings (SSSR count). The molecule has 0 radical (unpaired) electrons. The van der Waals surface area contributed by atoms with Crippen LogP contribution in [0.4, 0.5) is 4.79 Å². The lowest BCUT2D eigenvalue weighted by molar-refractivity contribution is 0.153. The summed E-state index contributed by atoms with van der Waals surface area (Å²) in [5, 5.41) is 11.9. The van der Waals surface area contributed by atoms with Crippen molar-refractivity contribution < 1.29 is 4.79 Å². The fourth-order valence-corrected chi connectivity index (χ4v) is 4.08. The zero-order valence-electron chi connectivity index (χ0n) is 16.7. The van der Waals surface area contributed by atoms with Crippen molar-refractivity contribution in [2.24, 2.45) is 5.92 Å². The molecule has 2 fully saturated rings. The number of rotatable bonds is 3. The van der Waals surface area contributed by atoms with Gasteiger partial charge in [0, 0.05) is 37.3 Å². The van der Waals surface area contributed by atoms with Crippen LogP contribution < -0.4 is 5.32 Å². The number of carbonyl (C=O) groups excluding carboxylic acids is 1. The Bertz CT molecular complexity index is 583. The van der Waals surface area contributed by atoms with E-state index in [4.69, 9.17) is 0 Å². The smallest absolute Gasteiger partial charge is 0.317 e. The van der Waals surface area contributed by atoms with Crippen LogP contribution in [-0.4, -0.2) is 45.1 Å². The lowest BCUT2D eigenvalue weighted by atomic mass is 9.93. The highest BCUT2D eigenvalue weighted by Crippen LogP contribution is 2.22. The van der Waals surface area contributed by atoms with E-state index in [2.05, 4.69) is 42.6 Å². The van der Waals surface area contributed by atoms with Crippen molar-refractivity contribution in [3.8, 4) is 0 Å². The molecular weight excluding hydrogens is 326 g/mol. The molecule has 0 bridgehead atoms. The molecule has 0 unspecified atom stereocenters.